The van der Waals surface area contributed by atoms with E-state index in [1.54, 1.807) is 0 Å². The van der Waals surface area contributed by atoms with Gasteiger partial charge in [0.05, 0.1) is 13.0 Å². The Morgan fingerprint density at radius 2 is 1.96 bits per heavy atom. The number of esters is 1. The molecule has 1 aliphatic carbocycles. The highest BCUT2D eigenvalue weighted by atomic mass is 19.4. The molecule has 1 aromatic carbocycles. The highest BCUT2D eigenvalue weighted by Gasteiger charge is 2.36. The van der Waals surface area contributed by atoms with Crippen LogP contribution in [-0.2, 0) is 20.7 Å². The first-order valence-corrected chi connectivity index (χ1v) is 6.78. The first-order chi connectivity index (χ1) is 10.7. The fourth-order valence-electron chi connectivity index (χ4n) is 2.52. The predicted molar refractivity (Wildman–Crippen MR) is 70.9 cm³/mol. The number of ketones is 2. The van der Waals surface area contributed by atoms with Crippen LogP contribution in [0.1, 0.15) is 28.8 Å². The molecule has 0 saturated heterocycles. The number of Topliss-reactive ketones (excluding diaryl/α,β-unsaturated/α-hetero) is 2. The Kier molecular flexibility index (Phi) is 4.72. The van der Waals surface area contributed by atoms with Gasteiger partial charge in [0.2, 0.25) is 0 Å². The van der Waals surface area contributed by atoms with Gasteiger partial charge in [0, 0.05) is 5.56 Å². The number of carbonyl (C=O) groups is 3. The van der Waals surface area contributed by atoms with Crippen LogP contribution in [0.5, 0.6) is 5.75 Å². The van der Waals surface area contributed by atoms with Gasteiger partial charge >= 0.3 is 12.3 Å². The van der Waals surface area contributed by atoms with E-state index >= 15 is 0 Å². The molecule has 2 rings (SSSR count). The summed E-state index contributed by atoms with van der Waals surface area (Å²) in [6, 6.07) is 3.32. The number of methoxy groups -OCH3 is 1. The summed E-state index contributed by atoms with van der Waals surface area (Å²) in [4.78, 5) is 35.6. The molecular weight excluding hydrogens is 317 g/mol. The van der Waals surface area contributed by atoms with E-state index < -0.39 is 35.6 Å². The molecule has 0 saturated carbocycles. The molecule has 1 aromatic rings. The zero-order chi connectivity index (χ0) is 17.2. The monoisotopic (exact) mass is 330 g/mol. The number of rotatable bonds is 3. The number of carbonyl (C=O) groups excluding carboxylic acids is 3. The quantitative estimate of drug-likeness (QED) is 0.368. The van der Waals surface area contributed by atoms with Crippen molar-refractivity contribution in [3.8, 4) is 5.75 Å². The van der Waals surface area contributed by atoms with E-state index in [-0.39, 0.29) is 12.0 Å². The van der Waals surface area contributed by atoms with Crippen LogP contribution >= 0.6 is 0 Å². The summed E-state index contributed by atoms with van der Waals surface area (Å²) in [5.74, 6) is -4.24. The van der Waals surface area contributed by atoms with Crippen molar-refractivity contribution in [3.05, 3.63) is 29.3 Å². The minimum atomic E-state index is -4.83. The highest BCUT2D eigenvalue weighted by molar-refractivity contribution is 6.39. The summed E-state index contributed by atoms with van der Waals surface area (Å²) in [6.07, 6.45) is -4.01. The van der Waals surface area contributed by atoms with Crippen molar-refractivity contribution in [1.29, 1.82) is 0 Å². The Morgan fingerprint density at radius 3 is 2.57 bits per heavy atom. The fourth-order valence-corrected chi connectivity index (χ4v) is 2.52. The smallest absolute Gasteiger partial charge is 0.463 e. The van der Waals surface area contributed by atoms with E-state index in [1.165, 1.54) is 6.07 Å². The van der Waals surface area contributed by atoms with Crippen LogP contribution < -0.4 is 4.74 Å². The summed E-state index contributed by atoms with van der Waals surface area (Å²) >= 11 is 0. The van der Waals surface area contributed by atoms with E-state index in [0.29, 0.717) is 18.4 Å². The maximum Gasteiger partial charge on any atom is 0.573 e. The molecule has 5 nitrogen and oxygen atoms in total. The average molecular weight is 330 g/mol. The number of aryl methyl sites for hydroxylation is 1. The molecule has 8 heteroatoms. The van der Waals surface area contributed by atoms with Gasteiger partial charge in [-0.15, -0.1) is 13.2 Å². The SMILES string of the molecule is COC(=O)C(=O)C1CCCc2cc(OC(F)(F)F)ccc2C1=O. The molecule has 1 atom stereocenters. The first kappa shape index (κ1) is 17.0. The number of fused-ring (bicyclic) bond motifs is 1. The minimum absolute atomic E-state index is 0.124. The third-order valence-electron chi connectivity index (χ3n) is 3.53. The zero-order valence-electron chi connectivity index (χ0n) is 12.1. The number of alkyl halides is 3. The van der Waals surface area contributed by atoms with Gasteiger partial charge < -0.3 is 9.47 Å². The molecule has 0 radical (unpaired) electrons. The van der Waals surface area contributed by atoms with Crippen molar-refractivity contribution in [2.75, 3.05) is 7.11 Å². The lowest BCUT2D eigenvalue weighted by atomic mass is 9.91. The normalized spacial score (nSPS) is 17.9. The van der Waals surface area contributed by atoms with Gasteiger partial charge in [0.15, 0.2) is 5.78 Å². The Labute approximate surface area is 129 Å². The van der Waals surface area contributed by atoms with Crippen molar-refractivity contribution in [2.24, 2.45) is 5.92 Å². The Hall–Kier alpha value is -2.38. The van der Waals surface area contributed by atoms with Crippen LogP contribution in [0.25, 0.3) is 0 Å². The van der Waals surface area contributed by atoms with Crippen LogP contribution in [0.2, 0.25) is 0 Å². The molecule has 1 aliphatic rings. The number of halogens is 3. The standard InChI is InChI=1S/C15H13F3O5/c1-22-14(21)13(20)11-4-2-3-8-7-9(23-15(16,17)18)5-6-10(8)12(11)19/h5-7,11H,2-4H2,1H3. The number of hydrogen-bond acceptors (Lipinski definition) is 5. The van der Waals surface area contributed by atoms with Crippen LogP contribution in [0, 0.1) is 5.92 Å². The highest BCUT2D eigenvalue weighted by Crippen LogP contribution is 2.30. The summed E-state index contributed by atoms with van der Waals surface area (Å²) in [6.45, 7) is 0. The maximum atomic E-state index is 12.4. The second-order valence-electron chi connectivity index (χ2n) is 5.03. The lowest BCUT2D eigenvalue weighted by Gasteiger charge is -2.13. The molecular formula is C15H13F3O5. The largest absolute Gasteiger partial charge is 0.573 e. The van der Waals surface area contributed by atoms with E-state index in [1.807, 2.05) is 0 Å². The molecule has 0 aromatic heterocycles. The van der Waals surface area contributed by atoms with Crippen LogP contribution in [0.15, 0.2) is 18.2 Å². The predicted octanol–water partition coefficient (Wildman–Crippen LogP) is 2.46. The molecule has 124 valence electrons. The van der Waals surface area contributed by atoms with Crippen LogP contribution in [-0.4, -0.2) is 31.0 Å². The van der Waals surface area contributed by atoms with Crippen molar-refractivity contribution in [1.82, 2.24) is 0 Å². The topological polar surface area (TPSA) is 69.7 Å². The van der Waals surface area contributed by atoms with Gasteiger partial charge in [0.25, 0.3) is 5.78 Å². The van der Waals surface area contributed by atoms with E-state index in [4.69, 9.17) is 0 Å². The van der Waals surface area contributed by atoms with E-state index in [2.05, 4.69) is 9.47 Å². The molecule has 0 spiro atoms. The van der Waals surface area contributed by atoms with Crippen molar-refractivity contribution in [2.45, 2.75) is 25.6 Å². The number of benzene rings is 1. The van der Waals surface area contributed by atoms with Gasteiger partial charge in [-0.3, -0.25) is 9.59 Å². The molecule has 0 fully saturated rings. The van der Waals surface area contributed by atoms with Crippen molar-refractivity contribution >= 4 is 17.5 Å². The number of hydrogen-bond donors (Lipinski definition) is 0. The Balaban J connectivity index is 2.31. The van der Waals surface area contributed by atoms with Crippen LogP contribution in [0.4, 0.5) is 13.2 Å². The van der Waals surface area contributed by atoms with E-state index in [9.17, 15) is 27.6 Å². The second-order valence-corrected chi connectivity index (χ2v) is 5.03. The van der Waals surface area contributed by atoms with Crippen LogP contribution in [0.3, 0.4) is 0 Å². The minimum Gasteiger partial charge on any atom is -0.463 e. The van der Waals surface area contributed by atoms with Gasteiger partial charge in [-0.25, -0.2) is 4.79 Å². The summed E-state index contributed by atoms with van der Waals surface area (Å²) in [5, 5.41) is 0. The maximum absolute atomic E-state index is 12.4. The van der Waals surface area contributed by atoms with Gasteiger partial charge in [-0.05, 0) is 43.0 Å². The van der Waals surface area contributed by atoms with Gasteiger partial charge in [-0.1, -0.05) is 0 Å². The third-order valence-corrected chi connectivity index (χ3v) is 3.53. The Morgan fingerprint density at radius 1 is 1.26 bits per heavy atom. The van der Waals surface area contributed by atoms with Gasteiger partial charge in [0.1, 0.15) is 5.75 Å². The molecule has 23 heavy (non-hydrogen) atoms. The molecule has 0 N–H and O–H groups in total. The van der Waals surface area contributed by atoms with Gasteiger partial charge in [-0.2, -0.15) is 0 Å². The summed E-state index contributed by atoms with van der Waals surface area (Å²) in [7, 11) is 1.04. The fraction of sp³-hybridized carbons (Fsp3) is 0.400. The number of ether oxygens (including phenoxy) is 2. The summed E-state index contributed by atoms with van der Waals surface area (Å²) in [5.41, 5.74) is 0.483. The summed E-state index contributed by atoms with van der Waals surface area (Å²) < 4.78 is 44.9. The van der Waals surface area contributed by atoms with Crippen molar-refractivity contribution < 1.29 is 37.0 Å². The molecule has 0 aliphatic heterocycles. The van der Waals surface area contributed by atoms with Crippen molar-refractivity contribution in [3.63, 3.8) is 0 Å². The average Bonchev–Trinajstić information content (AvgIpc) is 2.63. The Bertz CT molecular complexity index is 651. The molecule has 1 unspecified atom stereocenters. The van der Waals surface area contributed by atoms with E-state index in [0.717, 1.165) is 19.2 Å². The second kappa shape index (κ2) is 6.39. The zero-order valence-corrected chi connectivity index (χ0v) is 12.1. The lowest BCUT2D eigenvalue weighted by Crippen LogP contribution is -2.30. The first-order valence-electron chi connectivity index (χ1n) is 6.78. The molecule has 0 bridgehead atoms. The molecule has 0 amide bonds. The molecule has 0 heterocycles. The third kappa shape index (κ3) is 3.88. The lowest BCUT2D eigenvalue weighted by molar-refractivity contribution is -0.274.